The van der Waals surface area contributed by atoms with Crippen molar-refractivity contribution in [2.24, 2.45) is 0 Å². The van der Waals surface area contributed by atoms with E-state index >= 15 is 0 Å². The summed E-state index contributed by atoms with van der Waals surface area (Å²) in [5, 5.41) is 13.2. The summed E-state index contributed by atoms with van der Waals surface area (Å²) in [6.07, 6.45) is 0. The number of aryl methyl sites for hydroxylation is 1. The zero-order chi connectivity index (χ0) is 22.2. The molecule has 5 rings (SSSR count). The van der Waals surface area contributed by atoms with Crippen LogP contribution < -0.4 is 4.90 Å². The molecule has 1 atom stereocenters. The van der Waals surface area contributed by atoms with Crippen LogP contribution in [0.5, 0.6) is 0 Å². The third kappa shape index (κ3) is 3.08. The highest BCUT2D eigenvalue weighted by atomic mass is 16.3. The number of Topliss-reactive ketones (excluding diaryl/α,β-unsaturated/α-hetero) is 1. The van der Waals surface area contributed by atoms with Gasteiger partial charge in [-0.15, -0.1) is 0 Å². The number of amides is 1. The second-order valence-corrected chi connectivity index (χ2v) is 7.89. The molecule has 0 bridgehead atoms. The van der Waals surface area contributed by atoms with Gasteiger partial charge in [0.25, 0.3) is 11.7 Å². The smallest absolute Gasteiger partial charge is 0.300 e. The lowest BCUT2D eigenvalue weighted by Gasteiger charge is -2.26. The van der Waals surface area contributed by atoms with Gasteiger partial charge in [0, 0.05) is 11.3 Å². The minimum Gasteiger partial charge on any atom is -0.507 e. The van der Waals surface area contributed by atoms with Crippen LogP contribution in [0.3, 0.4) is 0 Å². The van der Waals surface area contributed by atoms with Gasteiger partial charge in [-0.1, -0.05) is 84.9 Å². The zero-order valence-corrected chi connectivity index (χ0v) is 17.5. The van der Waals surface area contributed by atoms with Gasteiger partial charge in [0.15, 0.2) is 0 Å². The van der Waals surface area contributed by atoms with Gasteiger partial charge in [0.1, 0.15) is 5.76 Å². The van der Waals surface area contributed by atoms with E-state index in [9.17, 15) is 14.7 Å². The molecular formula is C28H21NO3. The maximum Gasteiger partial charge on any atom is 0.300 e. The fourth-order valence-corrected chi connectivity index (χ4v) is 4.45. The van der Waals surface area contributed by atoms with Gasteiger partial charge >= 0.3 is 0 Å². The van der Waals surface area contributed by atoms with Gasteiger partial charge < -0.3 is 5.11 Å². The maximum absolute atomic E-state index is 13.3. The Morgan fingerprint density at radius 1 is 0.781 bits per heavy atom. The summed E-state index contributed by atoms with van der Waals surface area (Å²) >= 11 is 0. The number of carbonyl (C=O) groups excluding carboxylic acids is 2. The minimum atomic E-state index is -0.724. The van der Waals surface area contributed by atoms with E-state index in [1.54, 1.807) is 18.2 Å². The Hall–Kier alpha value is -4.18. The number of hydrogen-bond acceptors (Lipinski definition) is 3. The van der Waals surface area contributed by atoms with Crippen molar-refractivity contribution in [3.8, 4) is 0 Å². The van der Waals surface area contributed by atoms with Crippen LogP contribution in [-0.2, 0) is 9.59 Å². The molecule has 1 fully saturated rings. The molecular weight excluding hydrogens is 398 g/mol. The van der Waals surface area contributed by atoms with E-state index in [1.165, 1.54) is 4.90 Å². The number of fused-ring (bicyclic) bond motifs is 1. The van der Waals surface area contributed by atoms with Gasteiger partial charge in [-0.25, -0.2) is 0 Å². The summed E-state index contributed by atoms with van der Waals surface area (Å²) in [5.41, 5.74) is 2.98. The molecule has 32 heavy (non-hydrogen) atoms. The van der Waals surface area contributed by atoms with E-state index in [2.05, 4.69) is 0 Å². The predicted molar refractivity (Wildman–Crippen MR) is 126 cm³/mol. The number of rotatable bonds is 3. The summed E-state index contributed by atoms with van der Waals surface area (Å²) < 4.78 is 0. The van der Waals surface area contributed by atoms with Gasteiger partial charge in [0.2, 0.25) is 0 Å². The first kappa shape index (κ1) is 19.8. The molecule has 4 nitrogen and oxygen atoms in total. The van der Waals surface area contributed by atoms with Crippen LogP contribution in [-0.4, -0.2) is 16.8 Å². The van der Waals surface area contributed by atoms with Crippen molar-refractivity contribution in [2.45, 2.75) is 13.0 Å². The van der Waals surface area contributed by atoms with Crippen molar-refractivity contribution >= 4 is 33.9 Å². The molecule has 4 heteroatoms. The molecule has 1 heterocycles. The third-order valence-electron chi connectivity index (χ3n) is 6.01. The SMILES string of the molecule is Cc1ccccc1C1/C(=C(\O)c2cccc3ccccc23)C(=O)C(=O)N1c1ccccc1. The molecule has 1 aliphatic rings. The molecule has 0 saturated carbocycles. The molecule has 4 aromatic rings. The summed E-state index contributed by atoms with van der Waals surface area (Å²) in [4.78, 5) is 28.1. The quantitative estimate of drug-likeness (QED) is 0.260. The lowest BCUT2D eigenvalue weighted by molar-refractivity contribution is -0.132. The first-order chi connectivity index (χ1) is 15.6. The second kappa shape index (κ2) is 7.82. The molecule has 0 aromatic heterocycles. The van der Waals surface area contributed by atoms with Crippen molar-refractivity contribution in [1.29, 1.82) is 0 Å². The fraction of sp³-hybridized carbons (Fsp3) is 0.0714. The number of anilines is 1. The van der Waals surface area contributed by atoms with Crippen LogP contribution >= 0.6 is 0 Å². The van der Waals surface area contributed by atoms with Crippen LogP contribution in [0, 0.1) is 6.92 Å². The number of benzene rings is 4. The predicted octanol–water partition coefficient (Wildman–Crippen LogP) is 5.77. The van der Waals surface area contributed by atoms with E-state index in [0.717, 1.165) is 21.9 Å². The second-order valence-electron chi connectivity index (χ2n) is 7.89. The molecule has 0 aliphatic carbocycles. The molecule has 0 spiro atoms. The van der Waals surface area contributed by atoms with Crippen molar-refractivity contribution in [1.82, 2.24) is 0 Å². The topological polar surface area (TPSA) is 57.6 Å². The molecule has 1 amide bonds. The third-order valence-corrected chi connectivity index (χ3v) is 6.01. The van der Waals surface area contributed by atoms with Crippen molar-refractivity contribution in [2.75, 3.05) is 4.90 Å². The van der Waals surface area contributed by atoms with E-state index in [0.29, 0.717) is 11.3 Å². The van der Waals surface area contributed by atoms with E-state index in [4.69, 9.17) is 0 Å². The highest BCUT2D eigenvalue weighted by Crippen LogP contribution is 2.43. The number of nitrogens with zero attached hydrogens (tertiary/aromatic N) is 1. The summed E-state index contributed by atoms with van der Waals surface area (Å²) in [5.74, 6) is -1.49. The Morgan fingerprint density at radius 2 is 1.44 bits per heavy atom. The number of hydrogen-bond donors (Lipinski definition) is 1. The number of aliphatic hydroxyl groups excluding tert-OH is 1. The van der Waals surface area contributed by atoms with Crippen molar-refractivity contribution < 1.29 is 14.7 Å². The molecule has 4 aromatic carbocycles. The van der Waals surface area contributed by atoms with E-state index < -0.39 is 17.7 Å². The Labute approximate surface area is 186 Å². The van der Waals surface area contributed by atoms with Crippen LogP contribution in [0.1, 0.15) is 22.7 Å². The largest absolute Gasteiger partial charge is 0.507 e. The highest BCUT2D eigenvalue weighted by Gasteiger charge is 2.47. The molecule has 1 aliphatic heterocycles. The summed E-state index contributed by atoms with van der Waals surface area (Å²) in [6.45, 7) is 1.94. The highest BCUT2D eigenvalue weighted by molar-refractivity contribution is 6.51. The van der Waals surface area contributed by atoms with E-state index in [-0.39, 0.29) is 11.3 Å². The lowest BCUT2D eigenvalue weighted by atomic mass is 9.91. The van der Waals surface area contributed by atoms with E-state index in [1.807, 2.05) is 85.8 Å². The first-order valence-corrected chi connectivity index (χ1v) is 10.5. The van der Waals surface area contributed by atoms with Crippen LogP contribution in [0.15, 0.2) is 103 Å². The summed E-state index contributed by atoms with van der Waals surface area (Å²) in [7, 11) is 0. The van der Waals surface area contributed by atoms with Gasteiger partial charge in [-0.2, -0.15) is 0 Å². The van der Waals surface area contributed by atoms with Gasteiger partial charge in [-0.05, 0) is 41.0 Å². The monoisotopic (exact) mass is 419 g/mol. The zero-order valence-electron chi connectivity index (χ0n) is 17.5. The first-order valence-electron chi connectivity index (χ1n) is 10.5. The molecule has 0 radical (unpaired) electrons. The maximum atomic E-state index is 13.3. The molecule has 1 N–H and O–H groups in total. The normalized spacial score (nSPS) is 17.8. The summed E-state index contributed by atoms with van der Waals surface area (Å²) in [6, 6.07) is 29.3. The Balaban J connectivity index is 1.80. The Kier molecular flexibility index (Phi) is 4.83. The van der Waals surface area contributed by atoms with Crippen LogP contribution in [0.2, 0.25) is 0 Å². The Bertz CT molecular complexity index is 1380. The molecule has 1 saturated heterocycles. The van der Waals surface area contributed by atoms with Crippen LogP contribution in [0.25, 0.3) is 16.5 Å². The lowest BCUT2D eigenvalue weighted by Crippen LogP contribution is -2.29. The number of aliphatic hydroxyl groups is 1. The van der Waals surface area contributed by atoms with Crippen LogP contribution in [0.4, 0.5) is 5.69 Å². The number of carbonyl (C=O) groups is 2. The van der Waals surface area contributed by atoms with Crippen molar-refractivity contribution in [3.63, 3.8) is 0 Å². The molecule has 156 valence electrons. The fourth-order valence-electron chi connectivity index (χ4n) is 4.45. The Morgan fingerprint density at radius 3 is 2.22 bits per heavy atom. The van der Waals surface area contributed by atoms with Crippen molar-refractivity contribution in [3.05, 3.63) is 119 Å². The molecule has 1 unspecified atom stereocenters. The number of para-hydroxylation sites is 1. The minimum absolute atomic E-state index is 0.101. The van der Waals surface area contributed by atoms with Gasteiger partial charge in [0.05, 0.1) is 11.6 Å². The van der Waals surface area contributed by atoms with Gasteiger partial charge in [-0.3, -0.25) is 14.5 Å². The standard InChI is InChI=1S/C28H21NO3/c1-18-10-5-7-15-21(18)25-24(27(31)28(32)29(25)20-13-3-2-4-14-20)26(30)23-17-9-12-19-11-6-8-16-22(19)23/h2-17,25,30H,1H3/b26-24+. The number of ketones is 1. The average molecular weight is 419 g/mol. The average Bonchev–Trinajstić information content (AvgIpc) is 3.09.